The molecule has 1 heterocycles. The number of nitrogens with one attached hydrogen (secondary N) is 1. The molecule has 54 valence electrons. The number of dihydropyridines is 1. The summed E-state index contributed by atoms with van der Waals surface area (Å²) in [5.74, 6) is -0.920. The molecule has 0 aromatic carbocycles. The number of carbonyl (C=O) groups is 1. The maximum Gasteiger partial charge on any atom is 0.351 e. The van der Waals surface area contributed by atoms with E-state index in [0.717, 1.165) is 4.48 Å². The monoisotopic (exact) mass is 203 g/mol. The highest BCUT2D eigenvalue weighted by Gasteiger charge is 2.08. The highest BCUT2D eigenvalue weighted by Crippen LogP contribution is 2.09. The van der Waals surface area contributed by atoms with Gasteiger partial charge in [0.1, 0.15) is 5.70 Å². The molecule has 0 aliphatic carbocycles. The third-order valence-corrected chi connectivity index (χ3v) is 1.65. The number of halogens is 1. The van der Waals surface area contributed by atoms with Crippen LogP contribution in [0, 0.1) is 0 Å². The summed E-state index contributed by atoms with van der Waals surface area (Å²) in [6.07, 6.45) is 3.25. The topological polar surface area (TPSA) is 49.3 Å². The highest BCUT2D eigenvalue weighted by atomic mass is 79.9. The predicted molar refractivity (Wildman–Crippen MR) is 40.7 cm³/mol. The Kier molecular flexibility index (Phi) is 2.11. The molecular weight excluding hydrogens is 198 g/mol. The first-order valence-electron chi connectivity index (χ1n) is 2.73. The Hall–Kier alpha value is -0.770. The van der Waals surface area contributed by atoms with Gasteiger partial charge < -0.3 is 10.4 Å². The minimum Gasteiger partial charge on any atom is -0.477 e. The summed E-state index contributed by atoms with van der Waals surface area (Å²) in [7, 11) is 0. The Labute approximate surface area is 66.6 Å². The number of aliphatic carboxylic acids is 1. The zero-order valence-corrected chi connectivity index (χ0v) is 6.68. The summed E-state index contributed by atoms with van der Waals surface area (Å²) in [6.45, 7) is 0.554. The van der Waals surface area contributed by atoms with Crippen LogP contribution in [-0.4, -0.2) is 17.6 Å². The fourth-order valence-electron chi connectivity index (χ4n) is 0.618. The molecule has 2 N–H and O–H groups in total. The van der Waals surface area contributed by atoms with E-state index in [2.05, 4.69) is 21.2 Å². The summed E-state index contributed by atoms with van der Waals surface area (Å²) in [6, 6.07) is 0. The Morgan fingerprint density at radius 2 is 2.40 bits per heavy atom. The van der Waals surface area contributed by atoms with E-state index in [9.17, 15) is 4.79 Å². The maximum atomic E-state index is 10.3. The molecule has 1 aliphatic rings. The Balaban J connectivity index is 2.74. The first-order chi connectivity index (χ1) is 4.70. The molecule has 0 aromatic rings. The molecule has 10 heavy (non-hydrogen) atoms. The Bertz CT molecular complexity index is 220. The van der Waals surface area contributed by atoms with Crippen molar-refractivity contribution in [3.05, 3.63) is 22.3 Å². The molecule has 0 saturated heterocycles. The van der Waals surface area contributed by atoms with E-state index < -0.39 is 5.97 Å². The molecule has 0 atom stereocenters. The van der Waals surface area contributed by atoms with Crippen molar-refractivity contribution >= 4 is 21.9 Å². The van der Waals surface area contributed by atoms with Crippen molar-refractivity contribution in [3.63, 3.8) is 0 Å². The maximum absolute atomic E-state index is 10.3. The van der Waals surface area contributed by atoms with Crippen LogP contribution in [0.15, 0.2) is 22.3 Å². The minimum atomic E-state index is -0.920. The van der Waals surface area contributed by atoms with Crippen LogP contribution in [0.5, 0.6) is 0 Å². The summed E-state index contributed by atoms with van der Waals surface area (Å²) in [4.78, 5) is 10.3. The van der Waals surface area contributed by atoms with Crippen molar-refractivity contribution in [2.75, 3.05) is 6.54 Å². The fourth-order valence-corrected chi connectivity index (χ4v) is 0.891. The second-order valence-electron chi connectivity index (χ2n) is 1.85. The molecule has 1 aliphatic heterocycles. The zero-order valence-electron chi connectivity index (χ0n) is 5.10. The van der Waals surface area contributed by atoms with E-state index in [1.165, 1.54) is 6.08 Å². The minimum absolute atomic E-state index is 0.239. The predicted octanol–water partition coefficient (Wildman–Crippen LogP) is 0.837. The Morgan fingerprint density at radius 1 is 1.70 bits per heavy atom. The van der Waals surface area contributed by atoms with Gasteiger partial charge in [0.05, 0.1) is 0 Å². The normalized spacial score (nSPS) is 16.9. The molecule has 3 nitrogen and oxygen atoms in total. The lowest BCUT2D eigenvalue weighted by Crippen LogP contribution is -2.23. The highest BCUT2D eigenvalue weighted by molar-refractivity contribution is 9.11. The van der Waals surface area contributed by atoms with Crippen molar-refractivity contribution in [3.8, 4) is 0 Å². The second-order valence-corrected chi connectivity index (χ2v) is 2.87. The molecule has 0 fully saturated rings. The van der Waals surface area contributed by atoms with Crippen LogP contribution in [0.4, 0.5) is 0 Å². The van der Waals surface area contributed by atoms with Gasteiger partial charge >= 0.3 is 5.97 Å². The number of carboxylic acid groups (broad SMARTS) is 1. The van der Waals surface area contributed by atoms with Gasteiger partial charge in [-0.3, -0.25) is 0 Å². The van der Waals surface area contributed by atoms with Gasteiger partial charge in [-0.1, -0.05) is 15.9 Å². The quantitative estimate of drug-likeness (QED) is 0.665. The van der Waals surface area contributed by atoms with Crippen LogP contribution in [0.2, 0.25) is 0 Å². The van der Waals surface area contributed by atoms with Gasteiger partial charge in [-0.15, -0.1) is 0 Å². The van der Waals surface area contributed by atoms with Crippen LogP contribution in [0.1, 0.15) is 0 Å². The van der Waals surface area contributed by atoms with Crippen LogP contribution in [0.25, 0.3) is 0 Å². The largest absolute Gasteiger partial charge is 0.477 e. The molecule has 4 heteroatoms. The van der Waals surface area contributed by atoms with Crippen LogP contribution >= 0.6 is 15.9 Å². The van der Waals surface area contributed by atoms with E-state index in [0.29, 0.717) is 6.54 Å². The number of rotatable bonds is 1. The van der Waals surface area contributed by atoms with E-state index in [-0.39, 0.29) is 5.70 Å². The van der Waals surface area contributed by atoms with E-state index in [1.807, 2.05) is 0 Å². The van der Waals surface area contributed by atoms with Crippen LogP contribution in [0.3, 0.4) is 0 Å². The summed E-state index contributed by atoms with van der Waals surface area (Å²) in [5.41, 5.74) is 0.239. The van der Waals surface area contributed by atoms with Crippen molar-refractivity contribution in [1.29, 1.82) is 0 Å². The summed E-state index contributed by atoms with van der Waals surface area (Å²) in [5, 5.41) is 11.2. The number of hydrogen-bond donors (Lipinski definition) is 2. The molecule has 0 bridgehead atoms. The third-order valence-electron chi connectivity index (χ3n) is 1.11. The lowest BCUT2D eigenvalue weighted by Gasteiger charge is -2.09. The molecule has 0 spiro atoms. The van der Waals surface area contributed by atoms with Gasteiger partial charge in [0.25, 0.3) is 0 Å². The standard InChI is InChI=1S/C6H6BrNO2/c7-4-1-2-5(6(9)10)8-3-4/h1-2,8H,3H2,(H,9,10). The van der Waals surface area contributed by atoms with Crippen molar-refractivity contribution in [1.82, 2.24) is 5.32 Å². The molecular formula is C6H6BrNO2. The fraction of sp³-hybridized carbons (Fsp3) is 0.167. The average molecular weight is 204 g/mol. The van der Waals surface area contributed by atoms with Gasteiger partial charge in [-0.25, -0.2) is 4.79 Å². The number of hydrogen-bond acceptors (Lipinski definition) is 2. The molecule has 0 aromatic heterocycles. The van der Waals surface area contributed by atoms with Gasteiger partial charge in [-0.2, -0.15) is 0 Å². The second kappa shape index (κ2) is 2.88. The van der Waals surface area contributed by atoms with E-state index in [1.54, 1.807) is 6.08 Å². The van der Waals surface area contributed by atoms with E-state index in [4.69, 9.17) is 5.11 Å². The van der Waals surface area contributed by atoms with Gasteiger partial charge in [0.15, 0.2) is 0 Å². The summed E-state index contributed by atoms with van der Waals surface area (Å²) < 4.78 is 0.956. The van der Waals surface area contributed by atoms with Crippen molar-refractivity contribution in [2.24, 2.45) is 0 Å². The molecule has 0 saturated carbocycles. The van der Waals surface area contributed by atoms with Gasteiger partial charge in [0.2, 0.25) is 0 Å². The smallest absolute Gasteiger partial charge is 0.351 e. The lowest BCUT2D eigenvalue weighted by molar-refractivity contribution is -0.133. The lowest BCUT2D eigenvalue weighted by atomic mass is 10.3. The van der Waals surface area contributed by atoms with Crippen LogP contribution < -0.4 is 5.32 Å². The first kappa shape index (κ1) is 7.34. The SMILES string of the molecule is O=C(O)C1=CC=C(Br)CN1. The van der Waals surface area contributed by atoms with E-state index >= 15 is 0 Å². The number of allylic oxidation sites excluding steroid dienone is 2. The summed E-state index contributed by atoms with van der Waals surface area (Å²) >= 11 is 3.23. The first-order valence-corrected chi connectivity index (χ1v) is 3.53. The van der Waals surface area contributed by atoms with Gasteiger partial charge in [0, 0.05) is 11.0 Å². The van der Waals surface area contributed by atoms with Gasteiger partial charge in [-0.05, 0) is 12.2 Å². The average Bonchev–Trinajstić information content (AvgIpc) is 1.88. The zero-order chi connectivity index (χ0) is 7.56. The molecule has 1 rings (SSSR count). The molecule has 0 radical (unpaired) electrons. The molecule has 0 amide bonds. The van der Waals surface area contributed by atoms with Crippen molar-refractivity contribution < 1.29 is 9.90 Å². The Morgan fingerprint density at radius 3 is 2.80 bits per heavy atom. The number of carboxylic acids is 1. The van der Waals surface area contributed by atoms with Crippen molar-refractivity contribution in [2.45, 2.75) is 0 Å². The third kappa shape index (κ3) is 1.60. The van der Waals surface area contributed by atoms with Crippen LogP contribution in [-0.2, 0) is 4.79 Å². The molecule has 0 unspecified atom stereocenters.